The summed E-state index contributed by atoms with van der Waals surface area (Å²) >= 11 is 0. The molecule has 0 aliphatic carbocycles. The minimum absolute atomic E-state index is 0.0296. The van der Waals surface area contributed by atoms with Crippen LogP contribution in [0.25, 0.3) is 11.4 Å². The van der Waals surface area contributed by atoms with Crippen LogP contribution in [0.15, 0.2) is 35.1 Å². The highest BCUT2D eigenvalue weighted by Crippen LogP contribution is 2.31. The van der Waals surface area contributed by atoms with Crippen LogP contribution in [0.2, 0.25) is 0 Å². The SMILES string of the molecule is Cc1nc(CN2CCN(c3cc(C(F)(F)F)nc(-c4ccncc4)n3)CC2)no1. The molecule has 4 rings (SSSR count). The minimum atomic E-state index is -4.56. The molecule has 11 heteroatoms. The maximum Gasteiger partial charge on any atom is 0.433 e. The first-order valence-electron chi connectivity index (χ1n) is 9.01. The zero-order chi connectivity index (χ0) is 20.4. The van der Waals surface area contributed by atoms with Gasteiger partial charge >= 0.3 is 6.18 Å². The van der Waals surface area contributed by atoms with Crippen LogP contribution in [0.1, 0.15) is 17.4 Å². The molecule has 0 bridgehead atoms. The van der Waals surface area contributed by atoms with Crippen molar-refractivity contribution in [2.45, 2.75) is 19.6 Å². The van der Waals surface area contributed by atoms with E-state index in [0.717, 1.165) is 6.07 Å². The fourth-order valence-electron chi connectivity index (χ4n) is 3.11. The standard InChI is InChI=1S/C18H18F3N7O/c1-12-23-15(26-29-12)11-27-6-8-28(9-7-27)16-10-14(18(19,20)21)24-17(25-16)13-2-4-22-5-3-13/h2-5,10H,6-9,11H2,1H3. The average molecular weight is 405 g/mol. The van der Waals surface area contributed by atoms with Gasteiger partial charge in [0.05, 0.1) is 6.54 Å². The summed E-state index contributed by atoms with van der Waals surface area (Å²) in [6, 6.07) is 4.18. The van der Waals surface area contributed by atoms with E-state index in [2.05, 4.69) is 30.0 Å². The first-order chi connectivity index (χ1) is 13.9. The molecule has 0 saturated carbocycles. The molecule has 1 fully saturated rings. The van der Waals surface area contributed by atoms with Crippen LogP contribution in [0, 0.1) is 6.92 Å². The van der Waals surface area contributed by atoms with E-state index in [-0.39, 0.29) is 11.6 Å². The van der Waals surface area contributed by atoms with Crippen LogP contribution in [0.5, 0.6) is 0 Å². The lowest BCUT2D eigenvalue weighted by Gasteiger charge is -2.35. The van der Waals surface area contributed by atoms with Gasteiger partial charge in [0.15, 0.2) is 17.3 Å². The Morgan fingerprint density at radius 1 is 1.03 bits per heavy atom. The number of anilines is 1. The summed E-state index contributed by atoms with van der Waals surface area (Å²) in [5.41, 5.74) is -0.475. The number of hydrogen-bond donors (Lipinski definition) is 0. The van der Waals surface area contributed by atoms with Crippen molar-refractivity contribution in [2.24, 2.45) is 0 Å². The van der Waals surface area contributed by atoms with Gasteiger partial charge in [0.2, 0.25) is 5.89 Å². The van der Waals surface area contributed by atoms with Crippen LogP contribution in [-0.2, 0) is 12.7 Å². The summed E-state index contributed by atoms with van der Waals surface area (Å²) in [7, 11) is 0. The van der Waals surface area contributed by atoms with Crippen LogP contribution in [0.4, 0.5) is 19.0 Å². The van der Waals surface area contributed by atoms with Crippen LogP contribution in [-0.4, -0.2) is 56.2 Å². The fourth-order valence-corrected chi connectivity index (χ4v) is 3.11. The Morgan fingerprint density at radius 2 is 1.76 bits per heavy atom. The molecule has 0 amide bonds. The Bertz CT molecular complexity index is 969. The molecule has 1 saturated heterocycles. The second-order valence-corrected chi connectivity index (χ2v) is 6.66. The number of hydrogen-bond acceptors (Lipinski definition) is 8. The number of aromatic nitrogens is 5. The number of alkyl halides is 3. The molecule has 1 aliphatic rings. The van der Waals surface area contributed by atoms with E-state index in [1.807, 2.05) is 4.90 Å². The van der Waals surface area contributed by atoms with E-state index in [1.165, 1.54) is 12.4 Å². The van der Waals surface area contributed by atoms with E-state index in [0.29, 0.717) is 50.0 Å². The van der Waals surface area contributed by atoms with Crippen LogP contribution < -0.4 is 4.90 Å². The number of halogens is 3. The molecule has 1 aliphatic heterocycles. The van der Waals surface area contributed by atoms with Gasteiger partial charge in [-0.2, -0.15) is 18.2 Å². The lowest BCUT2D eigenvalue weighted by atomic mass is 10.2. The van der Waals surface area contributed by atoms with Gasteiger partial charge in [-0.1, -0.05) is 5.16 Å². The molecular formula is C18H18F3N7O. The number of piperazine rings is 1. The van der Waals surface area contributed by atoms with E-state index < -0.39 is 11.9 Å². The second-order valence-electron chi connectivity index (χ2n) is 6.66. The number of aryl methyl sites for hydroxylation is 1. The van der Waals surface area contributed by atoms with E-state index in [1.54, 1.807) is 19.1 Å². The highest BCUT2D eigenvalue weighted by molar-refractivity contribution is 5.57. The third-order valence-electron chi connectivity index (χ3n) is 4.57. The molecular weight excluding hydrogens is 387 g/mol. The average Bonchev–Trinajstić information content (AvgIpc) is 3.13. The molecule has 152 valence electrons. The van der Waals surface area contributed by atoms with Crippen molar-refractivity contribution >= 4 is 5.82 Å². The monoisotopic (exact) mass is 405 g/mol. The van der Waals surface area contributed by atoms with Crippen molar-refractivity contribution in [3.05, 3.63) is 48.0 Å². The summed E-state index contributed by atoms with van der Waals surface area (Å²) in [6.45, 7) is 4.60. The molecule has 4 heterocycles. The molecule has 0 radical (unpaired) electrons. The maximum atomic E-state index is 13.4. The lowest BCUT2D eigenvalue weighted by Crippen LogP contribution is -2.46. The van der Waals surface area contributed by atoms with Gasteiger partial charge in [-0.05, 0) is 12.1 Å². The predicted octanol–water partition coefficient (Wildman–Crippen LogP) is 2.57. The molecule has 3 aromatic heterocycles. The van der Waals surface area contributed by atoms with Crippen molar-refractivity contribution in [3.8, 4) is 11.4 Å². The van der Waals surface area contributed by atoms with E-state index in [4.69, 9.17) is 4.52 Å². The Kier molecular flexibility index (Phi) is 5.14. The number of rotatable bonds is 4. The smallest absolute Gasteiger partial charge is 0.354 e. The Labute approximate surface area is 164 Å². The minimum Gasteiger partial charge on any atom is -0.354 e. The highest BCUT2D eigenvalue weighted by Gasteiger charge is 2.34. The summed E-state index contributed by atoms with van der Waals surface area (Å²) < 4.78 is 45.1. The summed E-state index contributed by atoms with van der Waals surface area (Å²) in [4.78, 5) is 20.1. The first kappa shape index (κ1) is 19.2. The molecule has 0 aromatic carbocycles. The molecule has 0 atom stereocenters. The van der Waals surface area contributed by atoms with E-state index in [9.17, 15) is 13.2 Å². The van der Waals surface area contributed by atoms with Gasteiger partial charge in [0.25, 0.3) is 0 Å². The third-order valence-corrected chi connectivity index (χ3v) is 4.57. The van der Waals surface area contributed by atoms with Crippen molar-refractivity contribution < 1.29 is 17.7 Å². The Morgan fingerprint density at radius 3 is 2.38 bits per heavy atom. The molecule has 3 aromatic rings. The molecule has 0 spiro atoms. The van der Waals surface area contributed by atoms with Crippen molar-refractivity contribution in [1.29, 1.82) is 0 Å². The quantitative estimate of drug-likeness (QED) is 0.655. The highest BCUT2D eigenvalue weighted by atomic mass is 19.4. The molecule has 29 heavy (non-hydrogen) atoms. The Balaban J connectivity index is 1.53. The zero-order valence-electron chi connectivity index (χ0n) is 15.6. The summed E-state index contributed by atoms with van der Waals surface area (Å²) in [5, 5.41) is 3.88. The van der Waals surface area contributed by atoms with Gasteiger partial charge in [-0.25, -0.2) is 9.97 Å². The van der Waals surface area contributed by atoms with Gasteiger partial charge in [-0.3, -0.25) is 9.88 Å². The van der Waals surface area contributed by atoms with Crippen molar-refractivity contribution in [2.75, 3.05) is 31.1 Å². The van der Waals surface area contributed by atoms with Crippen molar-refractivity contribution in [3.63, 3.8) is 0 Å². The van der Waals surface area contributed by atoms with Gasteiger partial charge in [-0.15, -0.1) is 0 Å². The summed E-state index contributed by atoms with van der Waals surface area (Å²) in [6.07, 6.45) is -1.56. The van der Waals surface area contributed by atoms with Gasteiger partial charge in [0, 0.05) is 57.1 Å². The Hall–Kier alpha value is -3.08. The fraction of sp³-hybridized carbons (Fsp3) is 0.389. The predicted molar refractivity (Wildman–Crippen MR) is 96.8 cm³/mol. The maximum absolute atomic E-state index is 13.4. The van der Waals surface area contributed by atoms with Gasteiger partial charge < -0.3 is 9.42 Å². The van der Waals surface area contributed by atoms with Crippen molar-refractivity contribution in [1.82, 2.24) is 30.0 Å². The van der Waals surface area contributed by atoms with Crippen LogP contribution >= 0.6 is 0 Å². The van der Waals surface area contributed by atoms with Crippen LogP contribution in [0.3, 0.4) is 0 Å². The lowest BCUT2D eigenvalue weighted by molar-refractivity contribution is -0.141. The first-order valence-corrected chi connectivity index (χ1v) is 9.01. The normalized spacial score (nSPS) is 15.7. The number of nitrogens with zero attached hydrogens (tertiary/aromatic N) is 7. The topological polar surface area (TPSA) is 84.1 Å². The largest absolute Gasteiger partial charge is 0.433 e. The third kappa shape index (κ3) is 4.50. The second kappa shape index (κ2) is 7.74. The zero-order valence-corrected chi connectivity index (χ0v) is 15.6. The summed E-state index contributed by atoms with van der Waals surface area (Å²) in [5.74, 6) is 1.39. The molecule has 0 N–H and O–H groups in total. The molecule has 8 nitrogen and oxygen atoms in total. The van der Waals surface area contributed by atoms with E-state index >= 15 is 0 Å². The number of pyridine rings is 1. The van der Waals surface area contributed by atoms with Gasteiger partial charge in [0.1, 0.15) is 5.82 Å². The molecule has 0 unspecified atom stereocenters.